The van der Waals surface area contributed by atoms with Crippen molar-refractivity contribution in [2.45, 2.75) is 20.0 Å². The maximum absolute atomic E-state index is 6.18. The third kappa shape index (κ3) is 2.47. The van der Waals surface area contributed by atoms with E-state index < -0.39 is 0 Å². The number of hydrogen-bond donors (Lipinski definition) is 1. The Bertz CT molecular complexity index is 585. The predicted molar refractivity (Wildman–Crippen MR) is 77.1 cm³/mol. The normalized spacial score (nSPS) is 11.0. The molecule has 0 fully saturated rings. The van der Waals surface area contributed by atoms with Gasteiger partial charge >= 0.3 is 0 Å². The molecule has 1 aromatic heterocycles. The summed E-state index contributed by atoms with van der Waals surface area (Å²) in [4.78, 5) is 4.46. The molecule has 96 valence electrons. The zero-order valence-electron chi connectivity index (χ0n) is 10.4. The van der Waals surface area contributed by atoms with Gasteiger partial charge in [-0.1, -0.05) is 23.2 Å². The quantitative estimate of drug-likeness (QED) is 0.909. The molecule has 0 aliphatic carbocycles. The molecule has 0 spiro atoms. The van der Waals surface area contributed by atoms with Crippen molar-refractivity contribution >= 4 is 39.9 Å². The van der Waals surface area contributed by atoms with Gasteiger partial charge in [0, 0.05) is 12.4 Å². The molecule has 3 nitrogen and oxygen atoms in total. The number of aromatic nitrogens is 1. The summed E-state index contributed by atoms with van der Waals surface area (Å²) in [5.74, 6) is 1.32. The van der Waals surface area contributed by atoms with E-state index in [2.05, 4.69) is 10.3 Å². The van der Waals surface area contributed by atoms with Crippen LogP contribution in [0.25, 0.3) is 10.9 Å². The molecule has 0 amide bonds. The van der Waals surface area contributed by atoms with Crippen LogP contribution < -0.4 is 10.1 Å². The summed E-state index contributed by atoms with van der Waals surface area (Å²) in [6, 6.07) is 5.45. The highest BCUT2D eigenvalue weighted by Gasteiger charge is 2.14. The summed E-state index contributed by atoms with van der Waals surface area (Å²) < 4.78 is 5.73. The molecular formula is C13H14Cl2N2O. The Kier molecular flexibility index (Phi) is 3.83. The number of halogens is 2. The second kappa shape index (κ2) is 5.21. The lowest BCUT2D eigenvalue weighted by molar-refractivity contribution is 0.245. The fraction of sp³-hybridized carbons (Fsp3) is 0.308. The molecule has 0 radical (unpaired) electrons. The van der Waals surface area contributed by atoms with Crippen molar-refractivity contribution in [3.05, 3.63) is 28.2 Å². The Labute approximate surface area is 116 Å². The summed E-state index contributed by atoms with van der Waals surface area (Å²) in [6.07, 6.45) is 0.0203. The topological polar surface area (TPSA) is 34.1 Å². The number of hydrogen-bond acceptors (Lipinski definition) is 3. The van der Waals surface area contributed by atoms with Crippen LogP contribution in [-0.4, -0.2) is 18.1 Å². The minimum Gasteiger partial charge on any atom is -0.487 e. The Hall–Kier alpha value is -1.19. The van der Waals surface area contributed by atoms with E-state index in [-0.39, 0.29) is 6.10 Å². The van der Waals surface area contributed by atoms with Crippen molar-refractivity contribution in [2.75, 3.05) is 12.4 Å². The van der Waals surface area contributed by atoms with Crippen LogP contribution in [0.1, 0.15) is 13.8 Å². The third-order valence-corrected chi connectivity index (χ3v) is 3.04. The van der Waals surface area contributed by atoms with Crippen molar-refractivity contribution < 1.29 is 4.74 Å². The first kappa shape index (κ1) is 13.2. The lowest BCUT2D eigenvalue weighted by atomic mass is 10.2. The van der Waals surface area contributed by atoms with E-state index in [1.165, 1.54) is 0 Å². The molecule has 0 bridgehead atoms. The standard InChI is InChI=1S/C13H14Cl2N2O/c1-7(2)18-13-10(15)6-9(14)8-4-5-11(16-3)17-12(8)13/h4-7H,1-3H3,(H,16,17). The van der Waals surface area contributed by atoms with Crippen LogP contribution in [0.2, 0.25) is 10.0 Å². The maximum Gasteiger partial charge on any atom is 0.164 e. The number of ether oxygens (including phenoxy) is 1. The zero-order chi connectivity index (χ0) is 13.3. The molecule has 0 aliphatic heterocycles. The van der Waals surface area contributed by atoms with E-state index in [4.69, 9.17) is 27.9 Å². The smallest absolute Gasteiger partial charge is 0.164 e. The fourth-order valence-corrected chi connectivity index (χ4v) is 2.24. The van der Waals surface area contributed by atoms with Gasteiger partial charge in [0.2, 0.25) is 0 Å². The summed E-state index contributed by atoms with van der Waals surface area (Å²) >= 11 is 12.3. The fourth-order valence-electron chi connectivity index (χ4n) is 1.68. The molecular weight excluding hydrogens is 271 g/mol. The van der Waals surface area contributed by atoms with E-state index >= 15 is 0 Å². The molecule has 0 saturated heterocycles. The molecule has 0 aliphatic rings. The van der Waals surface area contributed by atoms with Crippen LogP contribution in [-0.2, 0) is 0 Å². The van der Waals surface area contributed by atoms with Gasteiger partial charge in [-0.3, -0.25) is 0 Å². The monoisotopic (exact) mass is 284 g/mol. The van der Waals surface area contributed by atoms with Crippen molar-refractivity contribution in [1.82, 2.24) is 4.98 Å². The van der Waals surface area contributed by atoms with Crippen LogP contribution in [0, 0.1) is 0 Å². The van der Waals surface area contributed by atoms with Gasteiger partial charge in [-0.05, 0) is 32.0 Å². The van der Waals surface area contributed by atoms with E-state index in [9.17, 15) is 0 Å². The van der Waals surface area contributed by atoms with E-state index in [1.54, 1.807) is 6.07 Å². The molecule has 18 heavy (non-hydrogen) atoms. The van der Waals surface area contributed by atoms with Crippen molar-refractivity contribution in [3.8, 4) is 5.75 Å². The van der Waals surface area contributed by atoms with Crippen LogP contribution in [0.3, 0.4) is 0 Å². The van der Waals surface area contributed by atoms with Crippen LogP contribution in [0.15, 0.2) is 18.2 Å². The summed E-state index contributed by atoms with van der Waals surface area (Å²) in [6.45, 7) is 3.89. The zero-order valence-corrected chi connectivity index (χ0v) is 11.9. The van der Waals surface area contributed by atoms with Gasteiger partial charge in [0.1, 0.15) is 11.3 Å². The average Bonchev–Trinajstić information content (AvgIpc) is 2.33. The second-order valence-corrected chi connectivity index (χ2v) is 4.99. The number of benzene rings is 1. The molecule has 0 saturated carbocycles. The molecule has 1 N–H and O–H groups in total. The van der Waals surface area contributed by atoms with E-state index in [1.807, 2.05) is 33.0 Å². The minimum atomic E-state index is 0.0203. The first-order valence-electron chi connectivity index (χ1n) is 5.66. The minimum absolute atomic E-state index is 0.0203. The van der Waals surface area contributed by atoms with E-state index in [0.29, 0.717) is 21.3 Å². The molecule has 2 aromatic rings. The maximum atomic E-state index is 6.18. The highest BCUT2D eigenvalue weighted by atomic mass is 35.5. The van der Waals surface area contributed by atoms with Crippen LogP contribution in [0.4, 0.5) is 5.82 Å². The van der Waals surface area contributed by atoms with Crippen molar-refractivity contribution in [3.63, 3.8) is 0 Å². The number of anilines is 1. The number of nitrogens with zero attached hydrogens (tertiary/aromatic N) is 1. The highest BCUT2D eigenvalue weighted by Crippen LogP contribution is 2.38. The lowest BCUT2D eigenvalue weighted by Gasteiger charge is -2.15. The Morgan fingerprint density at radius 1 is 1.22 bits per heavy atom. The van der Waals surface area contributed by atoms with Gasteiger partial charge in [-0.25, -0.2) is 4.98 Å². The Morgan fingerprint density at radius 3 is 2.56 bits per heavy atom. The summed E-state index contributed by atoms with van der Waals surface area (Å²) in [5, 5.41) is 4.86. The molecule has 2 rings (SSSR count). The second-order valence-electron chi connectivity index (χ2n) is 4.18. The first-order chi connectivity index (χ1) is 8.52. The number of pyridine rings is 1. The van der Waals surface area contributed by atoms with Crippen LogP contribution in [0.5, 0.6) is 5.75 Å². The number of rotatable bonds is 3. The number of nitrogens with one attached hydrogen (secondary N) is 1. The predicted octanol–water partition coefficient (Wildman–Crippen LogP) is 4.37. The van der Waals surface area contributed by atoms with Crippen LogP contribution >= 0.6 is 23.2 Å². The summed E-state index contributed by atoms with van der Waals surface area (Å²) in [7, 11) is 1.81. The van der Waals surface area contributed by atoms with Gasteiger partial charge in [0.15, 0.2) is 5.75 Å². The SMILES string of the molecule is CNc1ccc2c(Cl)cc(Cl)c(OC(C)C)c2n1. The van der Waals surface area contributed by atoms with Crippen molar-refractivity contribution in [2.24, 2.45) is 0 Å². The van der Waals surface area contributed by atoms with Gasteiger partial charge in [0.05, 0.1) is 16.1 Å². The average molecular weight is 285 g/mol. The Balaban J connectivity index is 2.72. The number of fused-ring (bicyclic) bond motifs is 1. The van der Waals surface area contributed by atoms with Gasteiger partial charge in [-0.2, -0.15) is 0 Å². The first-order valence-corrected chi connectivity index (χ1v) is 6.41. The summed E-state index contributed by atoms with van der Waals surface area (Å²) in [5.41, 5.74) is 0.674. The molecule has 5 heteroatoms. The van der Waals surface area contributed by atoms with Crippen molar-refractivity contribution in [1.29, 1.82) is 0 Å². The molecule has 0 unspecified atom stereocenters. The molecule has 1 aromatic carbocycles. The van der Waals surface area contributed by atoms with Gasteiger partial charge < -0.3 is 10.1 Å². The Morgan fingerprint density at radius 2 is 1.94 bits per heavy atom. The van der Waals surface area contributed by atoms with E-state index in [0.717, 1.165) is 11.2 Å². The largest absolute Gasteiger partial charge is 0.487 e. The van der Waals surface area contributed by atoms with Gasteiger partial charge in [0.25, 0.3) is 0 Å². The molecule has 1 heterocycles. The third-order valence-electron chi connectivity index (χ3n) is 2.45. The molecule has 0 atom stereocenters. The van der Waals surface area contributed by atoms with Gasteiger partial charge in [-0.15, -0.1) is 0 Å². The highest BCUT2D eigenvalue weighted by molar-refractivity contribution is 6.39. The lowest BCUT2D eigenvalue weighted by Crippen LogP contribution is -2.07.